The van der Waals surface area contributed by atoms with Crippen LogP contribution in [-0.4, -0.2) is 24.0 Å². The van der Waals surface area contributed by atoms with Gasteiger partial charge in [-0.1, -0.05) is 31.9 Å². The molecule has 0 bridgehead atoms. The Kier molecular flexibility index (Phi) is 5.81. The molecule has 22 heavy (non-hydrogen) atoms. The zero-order valence-corrected chi connectivity index (χ0v) is 13.3. The molecule has 1 fully saturated rings. The smallest absolute Gasteiger partial charge is 0.321 e. The first-order valence-corrected chi connectivity index (χ1v) is 8.05. The molecular formula is C17H25N3O2. The van der Waals surface area contributed by atoms with E-state index in [2.05, 4.69) is 22.9 Å². The van der Waals surface area contributed by atoms with Crippen LogP contribution in [0.5, 0.6) is 0 Å². The van der Waals surface area contributed by atoms with Gasteiger partial charge in [-0.05, 0) is 43.9 Å². The Balaban J connectivity index is 1.79. The van der Waals surface area contributed by atoms with Crippen molar-refractivity contribution in [2.24, 2.45) is 0 Å². The van der Waals surface area contributed by atoms with Crippen molar-refractivity contribution in [1.29, 1.82) is 0 Å². The maximum atomic E-state index is 12.0. The van der Waals surface area contributed by atoms with E-state index in [9.17, 15) is 9.59 Å². The number of hydrogen-bond donors (Lipinski definition) is 3. The molecule has 2 rings (SSSR count). The monoisotopic (exact) mass is 303 g/mol. The lowest BCUT2D eigenvalue weighted by Gasteiger charge is -2.17. The fourth-order valence-corrected chi connectivity index (χ4v) is 2.66. The minimum atomic E-state index is -0.471. The Morgan fingerprint density at radius 1 is 1.18 bits per heavy atom. The third kappa shape index (κ3) is 4.76. The van der Waals surface area contributed by atoms with Crippen LogP contribution in [-0.2, 0) is 11.2 Å². The summed E-state index contributed by atoms with van der Waals surface area (Å²) in [7, 11) is 0. The van der Waals surface area contributed by atoms with Gasteiger partial charge in [0.05, 0.1) is 0 Å². The van der Waals surface area contributed by atoms with Gasteiger partial charge in [0, 0.05) is 11.7 Å². The van der Waals surface area contributed by atoms with Gasteiger partial charge >= 0.3 is 6.03 Å². The van der Waals surface area contributed by atoms with Crippen LogP contribution in [0.2, 0.25) is 0 Å². The molecule has 1 unspecified atom stereocenters. The van der Waals surface area contributed by atoms with Gasteiger partial charge in [0.25, 0.3) is 0 Å². The number of hydrogen-bond acceptors (Lipinski definition) is 3. The fraction of sp³-hybridized carbons (Fsp3) is 0.529. The third-order valence-corrected chi connectivity index (χ3v) is 4.07. The molecule has 0 aromatic heterocycles. The van der Waals surface area contributed by atoms with Crippen LogP contribution in [0.15, 0.2) is 24.3 Å². The maximum Gasteiger partial charge on any atom is 0.321 e. The van der Waals surface area contributed by atoms with Crippen LogP contribution in [0, 0.1) is 0 Å². The largest absolute Gasteiger partial charge is 0.374 e. The number of amides is 3. The van der Waals surface area contributed by atoms with E-state index in [1.807, 2.05) is 24.3 Å². The van der Waals surface area contributed by atoms with Crippen molar-refractivity contribution in [3.63, 3.8) is 0 Å². The number of rotatable bonds is 5. The fourth-order valence-electron chi connectivity index (χ4n) is 2.66. The van der Waals surface area contributed by atoms with Crippen LogP contribution < -0.4 is 16.0 Å². The molecule has 0 saturated heterocycles. The highest BCUT2D eigenvalue weighted by atomic mass is 16.2. The highest BCUT2D eigenvalue weighted by molar-refractivity contribution is 5.98. The number of benzene rings is 1. The number of carbonyl (C=O) groups is 2. The normalized spacial score (nSPS) is 16.1. The van der Waals surface area contributed by atoms with Gasteiger partial charge in [0.1, 0.15) is 6.04 Å². The van der Waals surface area contributed by atoms with Gasteiger partial charge in [-0.25, -0.2) is 4.79 Å². The van der Waals surface area contributed by atoms with E-state index < -0.39 is 12.1 Å². The summed E-state index contributed by atoms with van der Waals surface area (Å²) in [5.41, 5.74) is 2.12. The van der Waals surface area contributed by atoms with Crippen LogP contribution in [0.3, 0.4) is 0 Å². The molecular weight excluding hydrogens is 278 g/mol. The summed E-state index contributed by atoms with van der Waals surface area (Å²) in [6, 6.07) is 7.29. The Labute approximate surface area is 131 Å². The molecule has 0 spiro atoms. The Bertz CT molecular complexity index is 507. The molecule has 1 aromatic carbocycles. The molecule has 1 aliphatic rings. The number of nitrogens with one attached hydrogen (secondary N) is 3. The van der Waals surface area contributed by atoms with Gasteiger partial charge in [0.2, 0.25) is 5.91 Å². The molecule has 0 heterocycles. The first-order chi connectivity index (χ1) is 10.6. The SMILES string of the molecule is CCc1ccc(NC(C)C(=O)NC(=O)NC2CCCC2)cc1. The number of aryl methyl sites for hydroxylation is 1. The van der Waals surface area contributed by atoms with E-state index in [0.717, 1.165) is 37.8 Å². The second-order valence-corrected chi connectivity index (χ2v) is 5.86. The van der Waals surface area contributed by atoms with Crippen molar-refractivity contribution in [3.8, 4) is 0 Å². The van der Waals surface area contributed by atoms with Crippen LogP contribution >= 0.6 is 0 Å². The molecule has 1 aliphatic carbocycles. The summed E-state index contributed by atoms with van der Waals surface area (Å²) in [4.78, 5) is 23.8. The van der Waals surface area contributed by atoms with Crippen molar-refractivity contribution < 1.29 is 9.59 Å². The van der Waals surface area contributed by atoms with Crippen LogP contribution in [0.25, 0.3) is 0 Å². The summed E-state index contributed by atoms with van der Waals surface area (Å²) >= 11 is 0. The Hall–Kier alpha value is -2.04. The minimum absolute atomic E-state index is 0.206. The van der Waals surface area contributed by atoms with Crippen LogP contribution in [0.4, 0.5) is 10.5 Å². The lowest BCUT2D eigenvalue weighted by molar-refractivity contribution is -0.120. The summed E-state index contributed by atoms with van der Waals surface area (Å²) in [5, 5.41) is 8.34. The lowest BCUT2D eigenvalue weighted by atomic mass is 10.1. The average molecular weight is 303 g/mol. The molecule has 5 heteroatoms. The average Bonchev–Trinajstić information content (AvgIpc) is 3.00. The highest BCUT2D eigenvalue weighted by Crippen LogP contribution is 2.17. The molecule has 1 aromatic rings. The molecule has 0 radical (unpaired) electrons. The Morgan fingerprint density at radius 2 is 1.82 bits per heavy atom. The van der Waals surface area contributed by atoms with Crippen molar-refractivity contribution in [3.05, 3.63) is 29.8 Å². The van der Waals surface area contributed by atoms with E-state index >= 15 is 0 Å². The highest BCUT2D eigenvalue weighted by Gasteiger charge is 2.20. The molecule has 3 amide bonds. The predicted octanol–water partition coefficient (Wildman–Crippen LogP) is 2.82. The number of carbonyl (C=O) groups excluding carboxylic acids is 2. The first-order valence-electron chi connectivity index (χ1n) is 8.05. The molecule has 3 N–H and O–H groups in total. The molecule has 1 atom stereocenters. The Morgan fingerprint density at radius 3 is 2.41 bits per heavy atom. The second kappa shape index (κ2) is 7.82. The zero-order valence-electron chi connectivity index (χ0n) is 13.3. The quantitative estimate of drug-likeness (QED) is 0.783. The number of imide groups is 1. The van der Waals surface area contributed by atoms with Crippen molar-refractivity contribution in [2.75, 3.05) is 5.32 Å². The second-order valence-electron chi connectivity index (χ2n) is 5.86. The van der Waals surface area contributed by atoms with Crippen molar-refractivity contribution >= 4 is 17.6 Å². The van der Waals surface area contributed by atoms with E-state index in [4.69, 9.17) is 0 Å². The molecule has 0 aliphatic heterocycles. The van der Waals surface area contributed by atoms with E-state index in [0.29, 0.717) is 0 Å². The van der Waals surface area contributed by atoms with Gasteiger partial charge in [-0.3, -0.25) is 10.1 Å². The molecule has 120 valence electrons. The van der Waals surface area contributed by atoms with Gasteiger partial charge in [0.15, 0.2) is 0 Å². The van der Waals surface area contributed by atoms with Gasteiger partial charge in [-0.2, -0.15) is 0 Å². The summed E-state index contributed by atoms with van der Waals surface area (Å²) in [6.45, 7) is 3.84. The summed E-state index contributed by atoms with van der Waals surface area (Å²) in [6.07, 6.45) is 5.27. The molecule has 5 nitrogen and oxygen atoms in total. The number of urea groups is 1. The van der Waals surface area contributed by atoms with Crippen molar-refractivity contribution in [2.45, 2.75) is 58.0 Å². The number of anilines is 1. The third-order valence-electron chi connectivity index (χ3n) is 4.07. The molecule has 1 saturated carbocycles. The maximum absolute atomic E-state index is 12.0. The summed E-state index contributed by atoms with van der Waals surface area (Å²) in [5.74, 6) is -0.324. The van der Waals surface area contributed by atoms with E-state index in [1.165, 1.54) is 5.56 Å². The zero-order chi connectivity index (χ0) is 15.9. The van der Waals surface area contributed by atoms with Gasteiger partial charge in [-0.15, -0.1) is 0 Å². The van der Waals surface area contributed by atoms with Gasteiger partial charge < -0.3 is 10.6 Å². The lowest BCUT2D eigenvalue weighted by Crippen LogP contribution is -2.48. The minimum Gasteiger partial charge on any atom is -0.374 e. The van der Waals surface area contributed by atoms with E-state index in [-0.39, 0.29) is 11.9 Å². The summed E-state index contributed by atoms with van der Waals surface area (Å²) < 4.78 is 0. The van der Waals surface area contributed by atoms with Crippen LogP contribution in [0.1, 0.15) is 45.1 Å². The van der Waals surface area contributed by atoms with E-state index in [1.54, 1.807) is 6.92 Å². The predicted molar refractivity (Wildman–Crippen MR) is 87.8 cm³/mol. The van der Waals surface area contributed by atoms with Crippen molar-refractivity contribution in [1.82, 2.24) is 10.6 Å². The first kappa shape index (κ1) is 16.3. The topological polar surface area (TPSA) is 70.2 Å². The standard InChI is InChI=1S/C17H25N3O2/c1-3-13-8-10-15(11-9-13)18-12(2)16(21)20-17(22)19-14-6-4-5-7-14/h8-12,14,18H,3-7H2,1-2H3,(H2,19,20,21,22).